The molecule has 1 fully saturated rings. The van der Waals surface area contributed by atoms with Gasteiger partial charge in [-0.3, -0.25) is 19.2 Å². The predicted molar refractivity (Wildman–Crippen MR) is 128 cm³/mol. The summed E-state index contributed by atoms with van der Waals surface area (Å²) in [6.45, 7) is 1.85. The average Bonchev–Trinajstić information content (AvgIpc) is 3.30. The molecule has 3 aromatic carbocycles. The fourth-order valence-electron chi connectivity index (χ4n) is 5.04. The molecule has 3 aromatic rings. The van der Waals surface area contributed by atoms with Crippen molar-refractivity contribution in [2.45, 2.75) is 18.6 Å². The second kappa shape index (κ2) is 8.45. The molecule has 2 N–H and O–H groups in total. The molecule has 0 saturated carbocycles. The van der Waals surface area contributed by atoms with E-state index in [1.54, 1.807) is 54.6 Å². The van der Waals surface area contributed by atoms with Gasteiger partial charge in [0.25, 0.3) is 0 Å². The second-order valence-corrected chi connectivity index (χ2v) is 9.17. The Morgan fingerprint density at radius 1 is 0.943 bits per heavy atom. The number of aryl methyl sites for hydroxylation is 1. The van der Waals surface area contributed by atoms with Gasteiger partial charge in [0.15, 0.2) is 0 Å². The Labute approximate surface area is 205 Å². The van der Waals surface area contributed by atoms with Crippen LogP contribution in [0.15, 0.2) is 72.8 Å². The van der Waals surface area contributed by atoms with Crippen molar-refractivity contribution < 1.29 is 29.0 Å². The highest BCUT2D eigenvalue weighted by Crippen LogP contribution is 2.54. The van der Waals surface area contributed by atoms with E-state index in [2.05, 4.69) is 5.32 Å². The van der Waals surface area contributed by atoms with Gasteiger partial charge in [0, 0.05) is 21.8 Å². The molecule has 1 aliphatic heterocycles. The van der Waals surface area contributed by atoms with Gasteiger partial charge < -0.3 is 15.2 Å². The summed E-state index contributed by atoms with van der Waals surface area (Å²) in [5.41, 5.74) is -0.408. The zero-order chi connectivity index (χ0) is 24.9. The molecule has 5 rings (SSSR count). The topological polar surface area (TPSA) is 110 Å². The lowest BCUT2D eigenvalue weighted by Gasteiger charge is -2.25. The fraction of sp³-hybridized carbons (Fsp3) is 0.185. The monoisotopic (exact) mass is 489 g/mol. The minimum atomic E-state index is -2.35. The van der Waals surface area contributed by atoms with Crippen molar-refractivity contribution in [2.24, 2.45) is 11.8 Å². The fourth-order valence-corrected chi connectivity index (χ4v) is 5.16. The molecule has 3 atom stereocenters. The van der Waals surface area contributed by atoms with Gasteiger partial charge in [-0.2, -0.15) is 0 Å². The minimum Gasteiger partial charge on any atom is -0.481 e. The molecule has 0 aromatic heterocycles. The quantitative estimate of drug-likeness (QED) is 0.522. The van der Waals surface area contributed by atoms with Gasteiger partial charge in [-0.05, 0) is 42.3 Å². The number of hydrogen-bond acceptors (Lipinski definition) is 5. The number of carboxylic acid groups (broad SMARTS) is 1. The van der Waals surface area contributed by atoms with Crippen molar-refractivity contribution in [2.75, 3.05) is 5.32 Å². The Hall–Kier alpha value is -3.81. The van der Waals surface area contributed by atoms with E-state index in [0.717, 1.165) is 5.56 Å². The van der Waals surface area contributed by atoms with E-state index in [-0.39, 0.29) is 11.1 Å². The summed E-state index contributed by atoms with van der Waals surface area (Å²) in [5, 5.41) is 13.5. The van der Waals surface area contributed by atoms with E-state index in [9.17, 15) is 24.3 Å². The lowest BCUT2D eigenvalue weighted by Crippen LogP contribution is -2.52. The van der Waals surface area contributed by atoms with Gasteiger partial charge in [-0.1, -0.05) is 60.1 Å². The number of amides is 1. The number of carboxylic acids is 1. The third kappa shape index (κ3) is 3.55. The number of ether oxygens (including phenoxy) is 1. The molecule has 1 saturated heterocycles. The number of hydrogen-bond donors (Lipinski definition) is 2. The molecule has 2 aliphatic rings. The van der Waals surface area contributed by atoms with Gasteiger partial charge in [0.05, 0.1) is 12.0 Å². The molecule has 176 valence electrons. The number of halogens is 1. The van der Waals surface area contributed by atoms with Crippen LogP contribution in [0.25, 0.3) is 0 Å². The van der Waals surface area contributed by atoms with Gasteiger partial charge in [0.1, 0.15) is 5.92 Å². The smallest absolute Gasteiger partial charge is 0.311 e. The van der Waals surface area contributed by atoms with Crippen LogP contribution < -0.4 is 5.32 Å². The maximum Gasteiger partial charge on any atom is 0.311 e. The van der Waals surface area contributed by atoms with Gasteiger partial charge in [0.2, 0.25) is 23.1 Å². The molecule has 0 radical (unpaired) electrons. The number of rotatable bonds is 4. The number of carbonyl (C=O) groups is 4. The first-order chi connectivity index (χ1) is 16.7. The Bertz CT molecular complexity index is 1350. The summed E-state index contributed by atoms with van der Waals surface area (Å²) in [6, 6.07) is 19.4. The summed E-state index contributed by atoms with van der Waals surface area (Å²) in [6.07, 6.45) is -1.18. The Morgan fingerprint density at radius 3 is 2.14 bits per heavy atom. The first-order valence-corrected chi connectivity index (χ1v) is 11.3. The van der Waals surface area contributed by atoms with Crippen molar-refractivity contribution in [3.63, 3.8) is 0 Å². The van der Waals surface area contributed by atoms with Crippen LogP contribution in [0.4, 0.5) is 5.69 Å². The molecule has 35 heavy (non-hydrogen) atoms. The molecule has 1 aliphatic carbocycles. The second-order valence-electron chi connectivity index (χ2n) is 8.73. The summed E-state index contributed by atoms with van der Waals surface area (Å²) >= 11 is 6.02. The highest BCUT2D eigenvalue weighted by molar-refractivity contribution is 6.34. The first kappa shape index (κ1) is 23.0. The number of Topliss-reactive ketones (excluding diaryl/α,β-unsaturated/α-hetero) is 2. The SMILES string of the molecule is Cc1cccc(NC(=O)C2C(c3ccc(Cl)cc3)OC3(C(=O)c4ccccc4C3=O)C2C(=O)O)c1. The highest BCUT2D eigenvalue weighted by Gasteiger charge is 2.71. The van der Waals surface area contributed by atoms with Crippen molar-refractivity contribution in [3.05, 3.63) is 100 Å². The maximum atomic E-state index is 13.6. The van der Waals surface area contributed by atoms with E-state index in [1.165, 1.54) is 12.1 Å². The molecular weight excluding hydrogens is 470 g/mol. The van der Waals surface area contributed by atoms with Crippen LogP contribution >= 0.6 is 11.6 Å². The van der Waals surface area contributed by atoms with E-state index >= 15 is 0 Å². The predicted octanol–water partition coefficient (Wildman–Crippen LogP) is 4.49. The number of nitrogens with one attached hydrogen (secondary N) is 1. The molecule has 3 unspecified atom stereocenters. The minimum absolute atomic E-state index is 0.0818. The maximum absolute atomic E-state index is 13.6. The summed E-state index contributed by atoms with van der Waals surface area (Å²) in [4.78, 5) is 53.5. The van der Waals surface area contributed by atoms with E-state index in [1.807, 2.05) is 13.0 Å². The number of carbonyl (C=O) groups excluding carboxylic acids is 3. The first-order valence-electron chi connectivity index (χ1n) is 11.0. The van der Waals surface area contributed by atoms with Crippen LogP contribution in [0, 0.1) is 18.8 Å². The van der Waals surface area contributed by atoms with Crippen LogP contribution in [0.5, 0.6) is 0 Å². The van der Waals surface area contributed by atoms with E-state index < -0.39 is 47.0 Å². The van der Waals surface area contributed by atoms with Gasteiger partial charge in [-0.15, -0.1) is 0 Å². The summed E-state index contributed by atoms with van der Waals surface area (Å²) in [5.74, 6) is -6.78. The number of anilines is 1. The number of fused-ring (bicyclic) bond motifs is 1. The lowest BCUT2D eigenvalue weighted by atomic mass is 9.75. The molecule has 1 amide bonds. The third-order valence-corrected chi connectivity index (χ3v) is 6.83. The molecular formula is C27H20ClNO6. The largest absolute Gasteiger partial charge is 0.481 e. The van der Waals surface area contributed by atoms with Gasteiger partial charge >= 0.3 is 5.97 Å². The Balaban J connectivity index is 1.65. The standard InChI is InChI=1S/C27H20ClNO6/c1-14-5-4-6-17(13-14)29-25(32)20-21(26(33)34)27(35-22(20)15-9-11-16(28)12-10-15)23(30)18-7-2-3-8-19(18)24(27)31/h2-13,20-22H,1H3,(H,29,32)(H,33,34). The van der Waals surface area contributed by atoms with E-state index in [0.29, 0.717) is 16.3 Å². The zero-order valence-electron chi connectivity index (χ0n) is 18.5. The summed E-state index contributed by atoms with van der Waals surface area (Å²) < 4.78 is 6.13. The molecule has 1 heterocycles. The van der Waals surface area contributed by atoms with Crippen molar-refractivity contribution in [1.29, 1.82) is 0 Å². The van der Waals surface area contributed by atoms with Crippen molar-refractivity contribution in [3.8, 4) is 0 Å². The van der Waals surface area contributed by atoms with Crippen LogP contribution in [0.2, 0.25) is 5.02 Å². The van der Waals surface area contributed by atoms with Crippen molar-refractivity contribution in [1.82, 2.24) is 0 Å². The molecule has 7 nitrogen and oxygen atoms in total. The van der Waals surface area contributed by atoms with Crippen LogP contribution in [0.3, 0.4) is 0 Å². The number of aliphatic carboxylic acids is 1. The average molecular weight is 490 g/mol. The van der Waals surface area contributed by atoms with E-state index in [4.69, 9.17) is 16.3 Å². The van der Waals surface area contributed by atoms with Gasteiger partial charge in [-0.25, -0.2) is 0 Å². The lowest BCUT2D eigenvalue weighted by molar-refractivity contribution is -0.147. The molecule has 0 bridgehead atoms. The van der Waals surface area contributed by atoms with Crippen LogP contribution in [-0.4, -0.2) is 34.2 Å². The van der Waals surface area contributed by atoms with Crippen LogP contribution in [0.1, 0.15) is 37.9 Å². The Morgan fingerprint density at radius 2 is 1.57 bits per heavy atom. The molecule has 8 heteroatoms. The summed E-state index contributed by atoms with van der Waals surface area (Å²) in [7, 11) is 0. The zero-order valence-corrected chi connectivity index (χ0v) is 19.3. The third-order valence-electron chi connectivity index (χ3n) is 6.58. The number of ketones is 2. The Kier molecular flexibility index (Phi) is 5.54. The molecule has 1 spiro atoms. The number of benzene rings is 3. The van der Waals surface area contributed by atoms with Crippen LogP contribution in [-0.2, 0) is 14.3 Å². The highest BCUT2D eigenvalue weighted by atomic mass is 35.5. The van der Waals surface area contributed by atoms with Crippen molar-refractivity contribution >= 4 is 40.7 Å². The normalized spacial score (nSPS) is 22.3.